The second-order valence-corrected chi connectivity index (χ2v) is 6.23. The first-order chi connectivity index (χ1) is 11.6. The van der Waals surface area contributed by atoms with Gasteiger partial charge in [0.15, 0.2) is 0 Å². The van der Waals surface area contributed by atoms with E-state index in [9.17, 15) is 4.79 Å². The van der Waals surface area contributed by atoms with Crippen LogP contribution < -0.4 is 10.5 Å². The van der Waals surface area contributed by atoms with E-state index in [-0.39, 0.29) is 0 Å². The first-order valence-electron chi connectivity index (χ1n) is 8.06. The van der Waals surface area contributed by atoms with E-state index in [0.29, 0.717) is 12.2 Å². The second kappa shape index (κ2) is 6.89. The summed E-state index contributed by atoms with van der Waals surface area (Å²) in [6.45, 7) is 1.47. The highest BCUT2D eigenvalue weighted by molar-refractivity contribution is 5.95. The fourth-order valence-corrected chi connectivity index (χ4v) is 2.92. The van der Waals surface area contributed by atoms with Gasteiger partial charge in [-0.3, -0.25) is 4.79 Å². The van der Waals surface area contributed by atoms with Crippen LogP contribution in [-0.2, 0) is 6.61 Å². The van der Waals surface area contributed by atoms with E-state index < -0.39 is 5.91 Å². The molecule has 124 valence electrons. The topological polar surface area (TPSA) is 55.6 Å². The van der Waals surface area contributed by atoms with Crippen molar-refractivity contribution in [2.45, 2.75) is 13.0 Å². The molecule has 0 radical (unpaired) electrons. The summed E-state index contributed by atoms with van der Waals surface area (Å²) >= 11 is 0. The maximum Gasteiger partial charge on any atom is 0.248 e. The van der Waals surface area contributed by atoms with Crippen molar-refractivity contribution in [3.63, 3.8) is 0 Å². The van der Waals surface area contributed by atoms with E-state index in [1.54, 1.807) is 6.07 Å². The van der Waals surface area contributed by atoms with Crippen molar-refractivity contribution < 1.29 is 9.53 Å². The minimum atomic E-state index is -0.428. The zero-order chi connectivity index (χ0) is 17.1. The molecule has 0 saturated heterocycles. The first-order valence-corrected chi connectivity index (χ1v) is 8.06. The molecule has 2 N–H and O–H groups in total. The predicted molar refractivity (Wildman–Crippen MR) is 96.0 cm³/mol. The summed E-state index contributed by atoms with van der Waals surface area (Å²) in [4.78, 5) is 13.7. The lowest BCUT2D eigenvalue weighted by Crippen LogP contribution is -2.12. The number of amides is 1. The fourth-order valence-electron chi connectivity index (χ4n) is 2.92. The highest BCUT2D eigenvalue weighted by Crippen LogP contribution is 2.37. The quantitative estimate of drug-likeness (QED) is 0.941. The van der Waals surface area contributed by atoms with Gasteiger partial charge in [0.2, 0.25) is 5.91 Å². The third-order valence-electron chi connectivity index (χ3n) is 4.17. The Bertz CT molecular complexity index is 794. The van der Waals surface area contributed by atoms with E-state index in [1.165, 1.54) is 0 Å². The third kappa shape index (κ3) is 3.34. The molecule has 4 heteroatoms. The number of benzene rings is 2. The molecule has 0 spiro atoms. The number of hydrogen-bond acceptors (Lipinski definition) is 3. The normalized spacial score (nSPS) is 14.7. The smallest absolute Gasteiger partial charge is 0.248 e. The van der Waals surface area contributed by atoms with Gasteiger partial charge < -0.3 is 15.4 Å². The zero-order valence-electron chi connectivity index (χ0n) is 14.1. The minimum absolute atomic E-state index is 0.428. The van der Waals surface area contributed by atoms with Crippen LogP contribution in [0.5, 0.6) is 5.75 Å². The Morgan fingerprint density at radius 3 is 2.75 bits per heavy atom. The monoisotopic (exact) mass is 322 g/mol. The summed E-state index contributed by atoms with van der Waals surface area (Å²) in [5.41, 5.74) is 10.3. The van der Waals surface area contributed by atoms with Gasteiger partial charge >= 0.3 is 0 Å². The lowest BCUT2D eigenvalue weighted by molar-refractivity contribution is 0.1000. The third-order valence-corrected chi connectivity index (χ3v) is 4.17. The fraction of sp³-hybridized carbons (Fsp3) is 0.250. The molecule has 2 aromatic rings. The van der Waals surface area contributed by atoms with Crippen LogP contribution in [0.1, 0.15) is 33.5 Å². The highest BCUT2D eigenvalue weighted by Gasteiger charge is 2.20. The van der Waals surface area contributed by atoms with Crippen LogP contribution >= 0.6 is 0 Å². The number of nitrogens with zero attached hydrogens (tertiary/aromatic N) is 1. The van der Waals surface area contributed by atoms with Gasteiger partial charge in [0.25, 0.3) is 0 Å². The van der Waals surface area contributed by atoms with Crippen molar-refractivity contribution in [2.75, 3.05) is 20.6 Å². The number of carbonyl (C=O) groups is 1. The molecular formula is C20H22N2O2. The van der Waals surface area contributed by atoms with Crippen LogP contribution in [0.25, 0.3) is 5.57 Å². The molecular weight excluding hydrogens is 300 g/mol. The van der Waals surface area contributed by atoms with Crippen molar-refractivity contribution in [1.82, 2.24) is 4.90 Å². The molecule has 0 aliphatic carbocycles. The van der Waals surface area contributed by atoms with E-state index in [0.717, 1.165) is 41.0 Å². The van der Waals surface area contributed by atoms with E-state index in [1.807, 2.05) is 24.3 Å². The van der Waals surface area contributed by atoms with Crippen molar-refractivity contribution in [1.29, 1.82) is 0 Å². The number of hydrogen-bond donors (Lipinski definition) is 1. The summed E-state index contributed by atoms with van der Waals surface area (Å²) in [6, 6.07) is 13.6. The summed E-state index contributed by atoms with van der Waals surface area (Å²) < 4.78 is 5.96. The van der Waals surface area contributed by atoms with Crippen LogP contribution in [0.2, 0.25) is 0 Å². The van der Waals surface area contributed by atoms with E-state index >= 15 is 0 Å². The van der Waals surface area contributed by atoms with Gasteiger partial charge in [-0.05, 0) is 55.4 Å². The Morgan fingerprint density at radius 2 is 2.00 bits per heavy atom. The zero-order valence-corrected chi connectivity index (χ0v) is 14.1. The molecule has 1 aliphatic rings. The van der Waals surface area contributed by atoms with Gasteiger partial charge in [-0.15, -0.1) is 0 Å². The molecule has 2 aromatic carbocycles. The molecule has 1 heterocycles. The number of fused-ring (bicyclic) bond motifs is 2. The lowest BCUT2D eigenvalue weighted by Gasteiger charge is -2.13. The Hall–Kier alpha value is -2.59. The largest absolute Gasteiger partial charge is 0.488 e. The van der Waals surface area contributed by atoms with Crippen LogP contribution in [-0.4, -0.2) is 31.4 Å². The van der Waals surface area contributed by atoms with Crippen LogP contribution in [0.4, 0.5) is 0 Å². The first kappa shape index (κ1) is 16.3. The van der Waals surface area contributed by atoms with Crippen molar-refractivity contribution >= 4 is 11.5 Å². The van der Waals surface area contributed by atoms with Crippen molar-refractivity contribution in [2.24, 2.45) is 5.73 Å². The molecule has 0 atom stereocenters. The van der Waals surface area contributed by atoms with Crippen LogP contribution in [0.15, 0.2) is 48.5 Å². The molecule has 0 aromatic heterocycles. The van der Waals surface area contributed by atoms with Gasteiger partial charge in [-0.1, -0.05) is 30.3 Å². The van der Waals surface area contributed by atoms with Gasteiger partial charge in [0.05, 0.1) is 0 Å². The number of carbonyl (C=O) groups excluding carboxylic acids is 1. The molecule has 24 heavy (non-hydrogen) atoms. The summed E-state index contributed by atoms with van der Waals surface area (Å²) in [6.07, 6.45) is 3.13. The van der Waals surface area contributed by atoms with Crippen molar-refractivity contribution in [3.05, 3.63) is 70.8 Å². The van der Waals surface area contributed by atoms with E-state index in [4.69, 9.17) is 10.5 Å². The van der Waals surface area contributed by atoms with Gasteiger partial charge in [0, 0.05) is 17.7 Å². The average Bonchev–Trinajstić information content (AvgIpc) is 2.71. The number of rotatable bonds is 4. The predicted octanol–water partition coefficient (Wildman–Crippen LogP) is 3.06. The molecule has 0 unspecified atom stereocenters. The highest BCUT2D eigenvalue weighted by atomic mass is 16.5. The molecule has 1 amide bonds. The lowest BCUT2D eigenvalue weighted by atomic mass is 9.92. The molecule has 0 fully saturated rings. The van der Waals surface area contributed by atoms with Crippen LogP contribution in [0.3, 0.4) is 0 Å². The molecule has 3 rings (SSSR count). The van der Waals surface area contributed by atoms with Gasteiger partial charge in [-0.25, -0.2) is 0 Å². The second-order valence-electron chi connectivity index (χ2n) is 6.23. The number of ether oxygens (including phenoxy) is 1. The standard InChI is InChI=1S/C20H22N2O2/c1-22(2)11-5-8-17-16-7-4-3-6-15(16)13-24-19-10-9-14(20(21)23)12-18(17)19/h3-4,6-10,12H,5,11,13H2,1-2H3,(H2,21,23)/b17-8-. The number of nitrogens with two attached hydrogens (primary N) is 1. The summed E-state index contributed by atoms with van der Waals surface area (Å²) in [5.74, 6) is 0.357. The maximum atomic E-state index is 11.6. The maximum absolute atomic E-state index is 11.6. The summed E-state index contributed by atoms with van der Waals surface area (Å²) in [7, 11) is 4.11. The van der Waals surface area contributed by atoms with Gasteiger partial charge in [0.1, 0.15) is 12.4 Å². The molecule has 1 aliphatic heterocycles. The minimum Gasteiger partial charge on any atom is -0.488 e. The Balaban J connectivity index is 2.13. The molecule has 0 bridgehead atoms. The molecule has 4 nitrogen and oxygen atoms in total. The van der Waals surface area contributed by atoms with Gasteiger partial charge in [-0.2, -0.15) is 0 Å². The average molecular weight is 322 g/mol. The van der Waals surface area contributed by atoms with E-state index in [2.05, 4.69) is 37.2 Å². The number of primary amides is 1. The Morgan fingerprint density at radius 1 is 1.21 bits per heavy atom. The Labute approximate surface area is 142 Å². The SMILES string of the molecule is CN(C)CC/C=C1/c2ccccc2COc2ccc(C(N)=O)cc21. The van der Waals surface area contributed by atoms with Crippen LogP contribution in [0, 0.1) is 0 Å². The summed E-state index contributed by atoms with van der Waals surface area (Å²) in [5, 5.41) is 0. The van der Waals surface area contributed by atoms with Crippen molar-refractivity contribution in [3.8, 4) is 5.75 Å². The molecule has 0 saturated carbocycles. The Kier molecular flexibility index (Phi) is 4.67.